The van der Waals surface area contributed by atoms with Gasteiger partial charge in [0.05, 0.1) is 7.11 Å². The average molecular weight is 252 g/mol. The van der Waals surface area contributed by atoms with Crippen LogP contribution in [0.1, 0.15) is 25.3 Å². The summed E-state index contributed by atoms with van der Waals surface area (Å²) in [5, 5.41) is 0. The van der Waals surface area contributed by atoms with Gasteiger partial charge >= 0.3 is 0 Å². The molecule has 0 aliphatic heterocycles. The summed E-state index contributed by atoms with van der Waals surface area (Å²) in [6, 6.07) is 5.29. The minimum Gasteiger partial charge on any atom is -0.494 e. The molecule has 1 aliphatic rings. The summed E-state index contributed by atoms with van der Waals surface area (Å²) >= 11 is 0. The van der Waals surface area contributed by atoms with Crippen molar-refractivity contribution in [1.82, 2.24) is 5.43 Å². The molecule has 0 radical (unpaired) electrons. The molecule has 2 rings (SSSR count). The van der Waals surface area contributed by atoms with Crippen LogP contribution in [0.25, 0.3) is 0 Å². The van der Waals surface area contributed by atoms with Gasteiger partial charge in [-0.15, -0.1) is 0 Å². The SMILES string of the molecule is COc1ccc(CC(NN)C(C)C2CC2)cc1F. The zero-order valence-corrected chi connectivity index (χ0v) is 10.9. The molecule has 4 heteroatoms. The van der Waals surface area contributed by atoms with Crippen molar-refractivity contribution in [3.63, 3.8) is 0 Å². The first-order valence-corrected chi connectivity index (χ1v) is 6.44. The van der Waals surface area contributed by atoms with Gasteiger partial charge in [-0.1, -0.05) is 13.0 Å². The standard InChI is InChI=1S/C14H21FN2O/c1-9(11-4-5-11)13(17-16)8-10-3-6-14(18-2)12(15)7-10/h3,6-7,9,11,13,17H,4-5,8,16H2,1-2H3. The predicted molar refractivity (Wildman–Crippen MR) is 69.7 cm³/mol. The first-order chi connectivity index (χ1) is 8.65. The molecule has 18 heavy (non-hydrogen) atoms. The Kier molecular flexibility index (Phi) is 4.19. The maximum Gasteiger partial charge on any atom is 0.165 e. The van der Waals surface area contributed by atoms with E-state index in [-0.39, 0.29) is 17.6 Å². The van der Waals surface area contributed by atoms with Gasteiger partial charge in [0.2, 0.25) is 0 Å². The van der Waals surface area contributed by atoms with Crippen LogP contribution >= 0.6 is 0 Å². The number of rotatable bonds is 6. The Balaban J connectivity index is 2.04. The molecule has 1 aromatic carbocycles. The summed E-state index contributed by atoms with van der Waals surface area (Å²) in [6.45, 7) is 2.21. The summed E-state index contributed by atoms with van der Waals surface area (Å²) in [7, 11) is 1.47. The van der Waals surface area contributed by atoms with E-state index in [1.807, 2.05) is 6.07 Å². The van der Waals surface area contributed by atoms with Crippen LogP contribution in [0.15, 0.2) is 18.2 Å². The van der Waals surface area contributed by atoms with Crippen LogP contribution in [-0.4, -0.2) is 13.2 Å². The Morgan fingerprint density at radius 3 is 2.72 bits per heavy atom. The normalized spacial score (nSPS) is 18.4. The van der Waals surface area contributed by atoms with Crippen molar-refractivity contribution in [3.05, 3.63) is 29.6 Å². The number of hydrogen-bond donors (Lipinski definition) is 2. The Hall–Kier alpha value is -1.13. The fourth-order valence-corrected chi connectivity index (χ4v) is 2.44. The lowest BCUT2D eigenvalue weighted by Gasteiger charge is -2.23. The van der Waals surface area contributed by atoms with E-state index in [1.54, 1.807) is 6.07 Å². The van der Waals surface area contributed by atoms with Gasteiger partial charge in [-0.25, -0.2) is 4.39 Å². The van der Waals surface area contributed by atoms with E-state index in [4.69, 9.17) is 10.6 Å². The number of benzene rings is 1. The quantitative estimate of drug-likeness (QED) is 0.603. The molecule has 0 aromatic heterocycles. The van der Waals surface area contributed by atoms with Gasteiger partial charge in [-0.3, -0.25) is 11.3 Å². The maximum atomic E-state index is 13.6. The molecule has 2 atom stereocenters. The lowest BCUT2D eigenvalue weighted by Crippen LogP contribution is -2.42. The Morgan fingerprint density at radius 2 is 2.22 bits per heavy atom. The van der Waals surface area contributed by atoms with Crippen LogP contribution in [0.4, 0.5) is 4.39 Å². The van der Waals surface area contributed by atoms with E-state index in [0.29, 0.717) is 5.92 Å². The number of ether oxygens (including phenoxy) is 1. The van der Waals surface area contributed by atoms with E-state index in [9.17, 15) is 4.39 Å². The van der Waals surface area contributed by atoms with E-state index >= 15 is 0 Å². The maximum absolute atomic E-state index is 13.6. The summed E-state index contributed by atoms with van der Waals surface area (Å²) < 4.78 is 18.5. The van der Waals surface area contributed by atoms with Crippen molar-refractivity contribution in [2.75, 3.05) is 7.11 Å². The number of hydrazine groups is 1. The molecule has 2 unspecified atom stereocenters. The molecular formula is C14H21FN2O. The Labute approximate surface area is 107 Å². The second kappa shape index (κ2) is 5.67. The van der Waals surface area contributed by atoms with Crippen molar-refractivity contribution in [2.24, 2.45) is 17.7 Å². The molecule has 3 N–H and O–H groups in total. The highest BCUT2D eigenvalue weighted by Gasteiger charge is 2.32. The van der Waals surface area contributed by atoms with Gasteiger partial charge < -0.3 is 4.74 Å². The van der Waals surface area contributed by atoms with Crippen molar-refractivity contribution in [3.8, 4) is 5.75 Å². The van der Waals surface area contributed by atoms with Crippen LogP contribution in [0.5, 0.6) is 5.75 Å². The molecule has 0 heterocycles. The zero-order valence-electron chi connectivity index (χ0n) is 10.9. The third-order valence-electron chi connectivity index (χ3n) is 3.89. The summed E-state index contributed by atoms with van der Waals surface area (Å²) in [5.41, 5.74) is 3.81. The van der Waals surface area contributed by atoms with Crippen molar-refractivity contribution >= 4 is 0 Å². The predicted octanol–water partition coefficient (Wildman–Crippen LogP) is 2.25. The fourth-order valence-electron chi connectivity index (χ4n) is 2.44. The van der Waals surface area contributed by atoms with Gasteiger partial charge in [0.15, 0.2) is 11.6 Å². The van der Waals surface area contributed by atoms with Gasteiger partial charge in [-0.05, 0) is 48.8 Å². The molecule has 3 nitrogen and oxygen atoms in total. The van der Waals surface area contributed by atoms with E-state index in [1.165, 1.54) is 26.0 Å². The highest BCUT2D eigenvalue weighted by atomic mass is 19.1. The number of nitrogens with one attached hydrogen (secondary N) is 1. The third-order valence-corrected chi connectivity index (χ3v) is 3.89. The van der Waals surface area contributed by atoms with Crippen LogP contribution in [0.2, 0.25) is 0 Å². The highest BCUT2D eigenvalue weighted by molar-refractivity contribution is 5.29. The van der Waals surface area contributed by atoms with Crippen molar-refractivity contribution < 1.29 is 9.13 Å². The van der Waals surface area contributed by atoms with Crippen molar-refractivity contribution in [1.29, 1.82) is 0 Å². The number of methoxy groups -OCH3 is 1. The van der Waals surface area contributed by atoms with Gasteiger partial charge in [0, 0.05) is 6.04 Å². The largest absolute Gasteiger partial charge is 0.494 e. The molecule has 1 saturated carbocycles. The van der Waals surface area contributed by atoms with Crippen LogP contribution in [0, 0.1) is 17.7 Å². The number of hydrogen-bond acceptors (Lipinski definition) is 3. The van der Waals surface area contributed by atoms with Gasteiger partial charge in [0.1, 0.15) is 0 Å². The first-order valence-electron chi connectivity index (χ1n) is 6.44. The lowest BCUT2D eigenvalue weighted by atomic mass is 9.91. The van der Waals surface area contributed by atoms with Crippen LogP contribution in [-0.2, 0) is 6.42 Å². The molecule has 1 fully saturated rings. The molecule has 0 saturated heterocycles. The van der Waals surface area contributed by atoms with Crippen molar-refractivity contribution in [2.45, 2.75) is 32.2 Å². The topological polar surface area (TPSA) is 47.3 Å². The molecule has 100 valence electrons. The molecule has 1 aliphatic carbocycles. The van der Waals surface area contributed by atoms with E-state index in [0.717, 1.165) is 17.9 Å². The molecule has 0 amide bonds. The molecule has 0 bridgehead atoms. The zero-order chi connectivity index (χ0) is 13.1. The van der Waals surface area contributed by atoms with Crippen LogP contribution < -0.4 is 16.0 Å². The second-order valence-electron chi connectivity index (χ2n) is 5.14. The minimum atomic E-state index is -0.315. The van der Waals surface area contributed by atoms with Gasteiger partial charge in [-0.2, -0.15) is 0 Å². The fraction of sp³-hybridized carbons (Fsp3) is 0.571. The monoisotopic (exact) mass is 252 g/mol. The summed E-state index contributed by atoms with van der Waals surface area (Å²) in [5.74, 6) is 6.88. The van der Waals surface area contributed by atoms with E-state index in [2.05, 4.69) is 12.3 Å². The van der Waals surface area contributed by atoms with Gasteiger partial charge in [0.25, 0.3) is 0 Å². The minimum absolute atomic E-state index is 0.199. The smallest absolute Gasteiger partial charge is 0.165 e. The Morgan fingerprint density at radius 1 is 1.50 bits per heavy atom. The highest BCUT2D eigenvalue weighted by Crippen LogP contribution is 2.38. The molecular weight excluding hydrogens is 231 g/mol. The second-order valence-corrected chi connectivity index (χ2v) is 5.14. The first kappa shape index (κ1) is 13.3. The third kappa shape index (κ3) is 3.00. The Bertz CT molecular complexity index is 407. The molecule has 1 aromatic rings. The molecule has 0 spiro atoms. The summed E-state index contributed by atoms with van der Waals surface area (Å²) in [4.78, 5) is 0. The number of halogens is 1. The van der Waals surface area contributed by atoms with E-state index < -0.39 is 0 Å². The lowest BCUT2D eigenvalue weighted by molar-refractivity contribution is 0.342. The van der Waals surface area contributed by atoms with Crippen LogP contribution in [0.3, 0.4) is 0 Å². The number of nitrogens with two attached hydrogens (primary N) is 1. The summed E-state index contributed by atoms with van der Waals surface area (Å²) in [6.07, 6.45) is 3.32. The average Bonchev–Trinajstić information content (AvgIpc) is 3.19.